The van der Waals surface area contributed by atoms with Gasteiger partial charge in [-0.15, -0.1) is 0 Å². The molecule has 0 aromatic heterocycles. The van der Waals surface area contributed by atoms with E-state index in [1.807, 2.05) is 0 Å². The normalized spacial score (nSPS) is 11.6. The van der Waals surface area contributed by atoms with Gasteiger partial charge in [-0.05, 0) is 21.2 Å². The molecule has 3 aromatic rings. The van der Waals surface area contributed by atoms with E-state index in [0.29, 0.717) is 0 Å². The first-order valence-corrected chi connectivity index (χ1v) is 8.65. The Morgan fingerprint density at radius 3 is 1.15 bits per heavy atom. The molecule has 0 N–H and O–H groups in total. The molecular formula is C18H16P2. The predicted octanol–water partition coefficient (Wildman–Crippen LogP) is 2.95. The highest BCUT2D eigenvalue weighted by Crippen LogP contribution is 2.15. The predicted molar refractivity (Wildman–Crippen MR) is 94.5 cm³/mol. The van der Waals surface area contributed by atoms with E-state index in [2.05, 4.69) is 84.9 Å². The molecule has 0 saturated heterocycles. The van der Waals surface area contributed by atoms with E-state index in [1.54, 1.807) is 0 Å². The van der Waals surface area contributed by atoms with Crippen LogP contribution in [0.5, 0.6) is 0 Å². The van der Waals surface area contributed by atoms with E-state index in [1.165, 1.54) is 21.2 Å². The maximum atomic E-state index is 2.26. The largest absolute Gasteiger partial charge is 0.0622 e. The Kier molecular flexibility index (Phi) is 4.59. The fraction of sp³-hybridized carbons (Fsp3) is 0. The fourth-order valence-electron chi connectivity index (χ4n) is 2.06. The lowest BCUT2D eigenvalue weighted by Crippen LogP contribution is -2.20. The first-order chi connectivity index (χ1) is 9.92. The number of rotatable bonds is 4. The van der Waals surface area contributed by atoms with Gasteiger partial charge in [-0.25, -0.2) is 0 Å². The van der Waals surface area contributed by atoms with E-state index < -0.39 is 0 Å². The lowest BCUT2D eigenvalue weighted by Gasteiger charge is -2.10. The highest BCUT2D eigenvalue weighted by Gasteiger charge is 2.03. The lowest BCUT2D eigenvalue weighted by molar-refractivity contribution is 1.77. The van der Waals surface area contributed by atoms with Crippen LogP contribution in [0.15, 0.2) is 84.9 Å². The second-order valence-corrected chi connectivity index (χ2v) is 7.26. The molecule has 98 valence electrons. The molecule has 0 radical (unpaired) electrons. The fourth-order valence-corrected chi connectivity index (χ4v) is 4.57. The van der Waals surface area contributed by atoms with Crippen molar-refractivity contribution in [2.24, 2.45) is 0 Å². The Morgan fingerprint density at radius 2 is 0.750 bits per heavy atom. The molecule has 0 nitrogen and oxygen atoms in total. The minimum Gasteiger partial charge on any atom is -0.0622 e. The summed E-state index contributed by atoms with van der Waals surface area (Å²) in [5, 5.41) is 5.72. The zero-order chi connectivity index (χ0) is 13.6. The van der Waals surface area contributed by atoms with Gasteiger partial charge in [0, 0.05) is 0 Å². The minimum absolute atomic E-state index is 0.734. The molecule has 2 unspecified atom stereocenters. The van der Waals surface area contributed by atoms with Gasteiger partial charge in [0.15, 0.2) is 0 Å². The van der Waals surface area contributed by atoms with Gasteiger partial charge in [0.2, 0.25) is 0 Å². The molecule has 20 heavy (non-hydrogen) atoms. The third-order valence-electron chi connectivity index (χ3n) is 3.03. The molecule has 0 aliphatic heterocycles. The van der Waals surface area contributed by atoms with E-state index in [0.717, 1.165) is 17.2 Å². The van der Waals surface area contributed by atoms with Gasteiger partial charge in [0.25, 0.3) is 0 Å². The van der Waals surface area contributed by atoms with Crippen LogP contribution in [0.25, 0.3) is 0 Å². The maximum Gasteiger partial charge on any atom is -0.0149 e. The van der Waals surface area contributed by atoms with Crippen molar-refractivity contribution in [3.8, 4) is 0 Å². The summed E-state index contributed by atoms with van der Waals surface area (Å²) >= 11 is 0. The summed E-state index contributed by atoms with van der Waals surface area (Å²) in [6.07, 6.45) is 0. The van der Waals surface area contributed by atoms with Gasteiger partial charge in [-0.1, -0.05) is 102 Å². The molecule has 3 aromatic carbocycles. The summed E-state index contributed by atoms with van der Waals surface area (Å²) in [5.74, 6) is 0. The van der Waals surface area contributed by atoms with Crippen LogP contribution < -0.4 is 21.2 Å². The average Bonchev–Trinajstić information content (AvgIpc) is 2.51. The van der Waals surface area contributed by atoms with Gasteiger partial charge in [-0.2, -0.15) is 0 Å². The second-order valence-electron chi connectivity index (χ2n) is 4.53. The van der Waals surface area contributed by atoms with Crippen LogP contribution in [-0.2, 0) is 0 Å². The lowest BCUT2D eigenvalue weighted by atomic mass is 10.4. The van der Waals surface area contributed by atoms with Crippen molar-refractivity contribution in [2.45, 2.75) is 0 Å². The van der Waals surface area contributed by atoms with Crippen LogP contribution in [-0.4, -0.2) is 0 Å². The number of hydrogen-bond acceptors (Lipinski definition) is 0. The van der Waals surface area contributed by atoms with Crippen molar-refractivity contribution in [1.29, 1.82) is 0 Å². The molecule has 2 heteroatoms. The van der Waals surface area contributed by atoms with Gasteiger partial charge in [0.05, 0.1) is 0 Å². The molecule has 0 saturated carbocycles. The maximum absolute atomic E-state index is 2.26. The van der Waals surface area contributed by atoms with Crippen molar-refractivity contribution in [2.75, 3.05) is 0 Å². The molecular weight excluding hydrogens is 278 g/mol. The average molecular weight is 294 g/mol. The Hall–Kier alpha value is -1.48. The van der Waals surface area contributed by atoms with Gasteiger partial charge in [0.1, 0.15) is 0 Å². The summed E-state index contributed by atoms with van der Waals surface area (Å²) in [7, 11) is 1.47. The highest BCUT2D eigenvalue weighted by atomic mass is 31.1. The number of hydrogen-bond donors (Lipinski definition) is 0. The zero-order valence-corrected chi connectivity index (χ0v) is 13.1. The summed E-state index contributed by atoms with van der Waals surface area (Å²) in [4.78, 5) is 0. The van der Waals surface area contributed by atoms with Crippen molar-refractivity contribution in [1.82, 2.24) is 0 Å². The first kappa shape index (κ1) is 13.5. The van der Waals surface area contributed by atoms with Crippen molar-refractivity contribution in [3.63, 3.8) is 0 Å². The van der Waals surface area contributed by atoms with E-state index in [-0.39, 0.29) is 0 Å². The highest BCUT2D eigenvalue weighted by molar-refractivity contribution is 7.62. The molecule has 0 aliphatic carbocycles. The van der Waals surface area contributed by atoms with Gasteiger partial charge in [-0.3, -0.25) is 0 Å². The molecule has 2 atom stereocenters. The van der Waals surface area contributed by atoms with Crippen LogP contribution in [0.3, 0.4) is 0 Å². The van der Waals surface area contributed by atoms with Crippen molar-refractivity contribution >= 4 is 38.4 Å². The third-order valence-corrected chi connectivity index (χ3v) is 5.94. The SMILES string of the molecule is c1ccc(Pc2ccccc2Pc2ccccc2)cc1. The standard InChI is InChI=1S/C18H16P2/c1-3-9-15(10-4-1)19-17-13-7-8-14-18(17)20-16-11-5-2-6-12-16/h1-14,19-20H. The summed E-state index contributed by atoms with van der Waals surface area (Å²) in [6.45, 7) is 0. The summed E-state index contributed by atoms with van der Waals surface area (Å²) < 4.78 is 0. The Balaban J connectivity index is 1.85. The molecule has 0 amide bonds. The Morgan fingerprint density at radius 1 is 0.400 bits per heavy atom. The van der Waals surface area contributed by atoms with Crippen LogP contribution in [0.2, 0.25) is 0 Å². The summed E-state index contributed by atoms with van der Waals surface area (Å²) in [6, 6.07) is 30.3. The first-order valence-electron chi connectivity index (χ1n) is 6.65. The van der Waals surface area contributed by atoms with Crippen molar-refractivity contribution < 1.29 is 0 Å². The summed E-state index contributed by atoms with van der Waals surface area (Å²) in [5.41, 5.74) is 0. The molecule has 3 rings (SSSR count). The second kappa shape index (κ2) is 6.80. The van der Waals surface area contributed by atoms with Gasteiger partial charge >= 0.3 is 0 Å². The Bertz CT molecular complexity index is 603. The van der Waals surface area contributed by atoms with Gasteiger partial charge < -0.3 is 0 Å². The smallest absolute Gasteiger partial charge is 0.0149 e. The molecule has 0 aliphatic rings. The quantitative estimate of drug-likeness (QED) is 0.649. The van der Waals surface area contributed by atoms with Crippen LogP contribution in [0, 0.1) is 0 Å². The minimum atomic E-state index is 0.734. The van der Waals surface area contributed by atoms with E-state index in [4.69, 9.17) is 0 Å². The van der Waals surface area contributed by atoms with Crippen LogP contribution in [0.1, 0.15) is 0 Å². The zero-order valence-electron chi connectivity index (χ0n) is 11.1. The molecule has 0 bridgehead atoms. The van der Waals surface area contributed by atoms with Crippen molar-refractivity contribution in [3.05, 3.63) is 84.9 Å². The van der Waals surface area contributed by atoms with Crippen LogP contribution in [0.4, 0.5) is 0 Å². The molecule has 0 spiro atoms. The topological polar surface area (TPSA) is 0 Å². The number of benzene rings is 3. The molecule has 0 fully saturated rings. The monoisotopic (exact) mass is 294 g/mol. The van der Waals surface area contributed by atoms with Crippen LogP contribution >= 0.6 is 17.2 Å². The Labute approximate surface area is 123 Å². The molecule has 0 heterocycles. The van der Waals surface area contributed by atoms with E-state index >= 15 is 0 Å². The third kappa shape index (κ3) is 3.54. The van der Waals surface area contributed by atoms with E-state index in [9.17, 15) is 0 Å².